The molecule has 0 bridgehead atoms. The number of benzene rings is 1. The molecule has 2 N–H and O–H groups in total. The average Bonchev–Trinajstić information content (AvgIpc) is 2.50. The van der Waals surface area contributed by atoms with Crippen LogP contribution in [0.4, 0.5) is 5.69 Å². The summed E-state index contributed by atoms with van der Waals surface area (Å²) in [6.07, 6.45) is 2.13. The Morgan fingerprint density at radius 3 is 2.43 bits per heavy atom. The van der Waals surface area contributed by atoms with Gasteiger partial charge in [0.1, 0.15) is 0 Å². The second-order valence-corrected chi connectivity index (χ2v) is 7.65. The lowest BCUT2D eigenvalue weighted by Crippen LogP contribution is -2.31. The molecule has 23 heavy (non-hydrogen) atoms. The van der Waals surface area contributed by atoms with Crippen LogP contribution in [0.15, 0.2) is 23.1 Å². The Morgan fingerprint density at radius 2 is 1.87 bits per heavy atom. The third-order valence-corrected chi connectivity index (χ3v) is 5.91. The molecular formula is C16H27N3O2S2. The molecule has 0 fully saturated rings. The molecule has 1 aromatic rings. The second-order valence-electron chi connectivity index (χ2n) is 5.30. The first-order valence-corrected chi connectivity index (χ1v) is 9.87. The van der Waals surface area contributed by atoms with E-state index in [1.807, 2.05) is 20.8 Å². The summed E-state index contributed by atoms with van der Waals surface area (Å²) in [7, 11) is -3.47. The minimum absolute atomic E-state index is 0.283. The third kappa shape index (κ3) is 5.44. The number of nitrogens with zero attached hydrogens (tertiary/aromatic N) is 1. The topological polar surface area (TPSA) is 61.4 Å². The summed E-state index contributed by atoms with van der Waals surface area (Å²) in [5.74, 6) is 0. The molecule has 0 saturated heterocycles. The first-order valence-electron chi connectivity index (χ1n) is 8.02. The summed E-state index contributed by atoms with van der Waals surface area (Å²) in [5, 5.41) is 6.73. The maximum absolute atomic E-state index is 12.6. The molecule has 5 nitrogen and oxygen atoms in total. The predicted octanol–water partition coefficient (Wildman–Crippen LogP) is 3.11. The van der Waals surface area contributed by atoms with Crippen LogP contribution in [0.5, 0.6) is 0 Å². The molecule has 1 rings (SSSR count). The molecule has 0 aliphatic heterocycles. The van der Waals surface area contributed by atoms with Gasteiger partial charge in [-0.15, -0.1) is 0 Å². The summed E-state index contributed by atoms with van der Waals surface area (Å²) in [4.78, 5) is 0.283. The first-order chi connectivity index (χ1) is 10.9. The van der Waals surface area contributed by atoms with Gasteiger partial charge < -0.3 is 10.6 Å². The number of hydrogen-bond donors (Lipinski definition) is 2. The maximum Gasteiger partial charge on any atom is 0.243 e. The van der Waals surface area contributed by atoms with Crippen LogP contribution in [-0.4, -0.2) is 37.5 Å². The second kappa shape index (κ2) is 9.20. The van der Waals surface area contributed by atoms with Gasteiger partial charge >= 0.3 is 0 Å². The Balaban J connectivity index is 2.97. The predicted molar refractivity (Wildman–Crippen MR) is 100 cm³/mol. The molecule has 0 spiro atoms. The Bertz CT molecular complexity index is 626. The molecule has 0 heterocycles. The van der Waals surface area contributed by atoms with Crippen molar-refractivity contribution in [1.29, 1.82) is 0 Å². The van der Waals surface area contributed by atoms with Crippen molar-refractivity contribution in [2.24, 2.45) is 0 Å². The van der Waals surface area contributed by atoms with E-state index in [9.17, 15) is 8.42 Å². The highest BCUT2D eigenvalue weighted by atomic mass is 32.2. The number of sulfonamides is 1. The van der Waals surface area contributed by atoms with E-state index >= 15 is 0 Å². The van der Waals surface area contributed by atoms with E-state index in [-0.39, 0.29) is 4.90 Å². The van der Waals surface area contributed by atoms with E-state index in [1.54, 1.807) is 18.2 Å². The molecule has 130 valence electrons. The van der Waals surface area contributed by atoms with Gasteiger partial charge in [0.2, 0.25) is 10.0 Å². The normalized spacial score (nSPS) is 11.5. The molecule has 0 saturated carbocycles. The van der Waals surface area contributed by atoms with Crippen LogP contribution in [0.25, 0.3) is 0 Å². The highest BCUT2D eigenvalue weighted by Gasteiger charge is 2.22. The van der Waals surface area contributed by atoms with Crippen LogP contribution in [0.1, 0.15) is 39.2 Å². The first kappa shape index (κ1) is 19.9. The van der Waals surface area contributed by atoms with Crippen molar-refractivity contribution in [3.05, 3.63) is 23.8 Å². The number of aryl methyl sites for hydroxylation is 1. The summed E-state index contributed by atoms with van der Waals surface area (Å²) >= 11 is 5.26. The largest absolute Gasteiger partial charge is 0.362 e. The van der Waals surface area contributed by atoms with E-state index in [1.165, 1.54) is 4.31 Å². The Hall–Kier alpha value is -1.18. The van der Waals surface area contributed by atoms with E-state index in [2.05, 4.69) is 17.6 Å². The molecule has 0 aliphatic rings. The van der Waals surface area contributed by atoms with Crippen LogP contribution < -0.4 is 10.6 Å². The zero-order chi connectivity index (χ0) is 17.5. The third-order valence-electron chi connectivity index (χ3n) is 3.62. The molecule has 0 aliphatic carbocycles. The van der Waals surface area contributed by atoms with Gasteiger partial charge in [-0.25, -0.2) is 8.42 Å². The van der Waals surface area contributed by atoms with Crippen molar-refractivity contribution in [3.8, 4) is 0 Å². The molecule has 7 heteroatoms. The number of nitrogens with one attached hydrogen (secondary N) is 2. The molecule has 0 atom stereocenters. The fraction of sp³-hybridized carbons (Fsp3) is 0.562. The smallest absolute Gasteiger partial charge is 0.243 e. The zero-order valence-electron chi connectivity index (χ0n) is 14.3. The Kier molecular flexibility index (Phi) is 7.94. The maximum atomic E-state index is 12.6. The minimum Gasteiger partial charge on any atom is -0.362 e. The summed E-state index contributed by atoms with van der Waals surface area (Å²) < 4.78 is 26.7. The van der Waals surface area contributed by atoms with E-state index in [4.69, 9.17) is 12.2 Å². The lowest BCUT2D eigenvalue weighted by Gasteiger charge is -2.20. The number of rotatable bonds is 8. The van der Waals surface area contributed by atoms with Crippen molar-refractivity contribution in [3.63, 3.8) is 0 Å². The molecule has 1 aromatic carbocycles. The standard InChI is InChI=1S/C16H27N3O2S2/c1-5-8-11-17-16(22)18-15-12-14(10-9-13(15)4)23(20,21)19(6-2)7-3/h9-10,12H,5-8,11H2,1-4H3,(H2,17,18,22). The Labute approximate surface area is 145 Å². The van der Waals surface area contributed by atoms with Crippen molar-refractivity contribution in [2.75, 3.05) is 25.0 Å². The van der Waals surface area contributed by atoms with Crippen molar-refractivity contribution in [2.45, 2.75) is 45.4 Å². The molecule has 0 unspecified atom stereocenters. The number of unbranched alkanes of at least 4 members (excludes halogenated alkanes) is 1. The van der Waals surface area contributed by atoms with Crippen molar-refractivity contribution in [1.82, 2.24) is 9.62 Å². The van der Waals surface area contributed by atoms with Crippen LogP contribution in [-0.2, 0) is 10.0 Å². The van der Waals surface area contributed by atoms with Gasteiger partial charge in [-0.05, 0) is 43.3 Å². The van der Waals surface area contributed by atoms with Gasteiger partial charge in [-0.1, -0.05) is 33.3 Å². The van der Waals surface area contributed by atoms with Gasteiger partial charge in [0, 0.05) is 25.3 Å². The average molecular weight is 358 g/mol. The van der Waals surface area contributed by atoms with E-state index in [0.29, 0.717) is 23.9 Å². The van der Waals surface area contributed by atoms with Gasteiger partial charge in [0.15, 0.2) is 5.11 Å². The molecule has 0 aromatic heterocycles. The van der Waals surface area contributed by atoms with Gasteiger partial charge in [-0.3, -0.25) is 0 Å². The lowest BCUT2D eigenvalue weighted by molar-refractivity contribution is 0.445. The van der Waals surface area contributed by atoms with Crippen LogP contribution in [0.2, 0.25) is 0 Å². The van der Waals surface area contributed by atoms with E-state index in [0.717, 1.165) is 24.9 Å². The summed E-state index contributed by atoms with van der Waals surface area (Å²) in [6.45, 7) is 9.41. The number of hydrogen-bond acceptors (Lipinski definition) is 3. The summed E-state index contributed by atoms with van der Waals surface area (Å²) in [5.41, 5.74) is 1.66. The summed E-state index contributed by atoms with van der Waals surface area (Å²) in [6, 6.07) is 5.09. The van der Waals surface area contributed by atoms with Crippen molar-refractivity contribution < 1.29 is 8.42 Å². The highest BCUT2D eigenvalue weighted by Crippen LogP contribution is 2.23. The Morgan fingerprint density at radius 1 is 1.22 bits per heavy atom. The van der Waals surface area contributed by atoms with Crippen LogP contribution >= 0.6 is 12.2 Å². The zero-order valence-corrected chi connectivity index (χ0v) is 16.0. The lowest BCUT2D eigenvalue weighted by atomic mass is 10.2. The van der Waals surface area contributed by atoms with Crippen molar-refractivity contribution >= 4 is 33.0 Å². The fourth-order valence-electron chi connectivity index (χ4n) is 2.15. The number of anilines is 1. The number of thiocarbonyl (C=S) groups is 1. The molecule has 0 radical (unpaired) electrons. The molecular weight excluding hydrogens is 330 g/mol. The minimum atomic E-state index is -3.47. The van der Waals surface area contributed by atoms with Crippen LogP contribution in [0, 0.1) is 6.92 Å². The van der Waals surface area contributed by atoms with Gasteiger partial charge in [-0.2, -0.15) is 4.31 Å². The SMILES string of the molecule is CCCCNC(=S)Nc1cc(S(=O)(=O)N(CC)CC)ccc1C. The van der Waals surface area contributed by atoms with E-state index < -0.39 is 10.0 Å². The monoisotopic (exact) mass is 357 g/mol. The fourth-order valence-corrected chi connectivity index (χ4v) is 3.85. The van der Waals surface area contributed by atoms with Gasteiger partial charge in [0.25, 0.3) is 0 Å². The van der Waals surface area contributed by atoms with Crippen LogP contribution in [0.3, 0.4) is 0 Å². The highest BCUT2D eigenvalue weighted by molar-refractivity contribution is 7.89. The van der Waals surface area contributed by atoms with Gasteiger partial charge in [0.05, 0.1) is 4.90 Å². The quantitative estimate of drug-likeness (QED) is 0.553. The molecule has 0 amide bonds.